The summed E-state index contributed by atoms with van der Waals surface area (Å²) in [5.74, 6) is -0.639. The fraction of sp³-hybridized carbons (Fsp3) is 0.583. The highest BCUT2D eigenvalue weighted by molar-refractivity contribution is 7.89. The van der Waals surface area contributed by atoms with E-state index in [0.29, 0.717) is 25.3 Å². The zero-order valence-electron chi connectivity index (χ0n) is 11.9. The number of nitrogens with zero attached hydrogens (tertiary/aromatic N) is 4. The number of carboxylic acids is 1. The van der Waals surface area contributed by atoms with Crippen LogP contribution in [0, 0.1) is 0 Å². The van der Waals surface area contributed by atoms with E-state index in [0.717, 1.165) is 6.42 Å². The lowest BCUT2D eigenvalue weighted by atomic mass is 10.1. The molecule has 1 atom stereocenters. The standard InChI is InChI=1S/C12H18N4O4S/c1-15(2)21(19,20)9-4-3-5-16(8-9)11-7-13-10(6-14-11)12(17)18/h6-7,9H,3-5,8H2,1-2H3,(H,17,18)/t9-/m0/s1. The summed E-state index contributed by atoms with van der Waals surface area (Å²) >= 11 is 0. The maximum absolute atomic E-state index is 12.2. The summed E-state index contributed by atoms with van der Waals surface area (Å²) in [7, 11) is -0.266. The SMILES string of the molecule is CN(C)S(=O)(=O)[C@H]1CCCN(c2cnc(C(=O)O)cn2)C1. The van der Waals surface area contributed by atoms with Crippen molar-refractivity contribution in [2.45, 2.75) is 18.1 Å². The zero-order chi connectivity index (χ0) is 15.6. The summed E-state index contributed by atoms with van der Waals surface area (Å²) in [6.07, 6.45) is 3.90. The molecule has 1 aromatic heterocycles. The van der Waals surface area contributed by atoms with Gasteiger partial charge in [-0.05, 0) is 12.8 Å². The van der Waals surface area contributed by atoms with Gasteiger partial charge < -0.3 is 10.0 Å². The normalized spacial score (nSPS) is 19.8. The van der Waals surface area contributed by atoms with Crippen LogP contribution in [0.15, 0.2) is 12.4 Å². The van der Waals surface area contributed by atoms with Crippen LogP contribution in [0.25, 0.3) is 0 Å². The molecule has 2 rings (SSSR count). The van der Waals surface area contributed by atoms with E-state index in [1.807, 2.05) is 4.90 Å². The van der Waals surface area contributed by atoms with E-state index in [2.05, 4.69) is 9.97 Å². The van der Waals surface area contributed by atoms with Gasteiger partial charge in [-0.15, -0.1) is 0 Å². The molecule has 0 bridgehead atoms. The van der Waals surface area contributed by atoms with Crippen molar-refractivity contribution in [3.63, 3.8) is 0 Å². The molecule has 1 aromatic rings. The Morgan fingerprint density at radius 1 is 1.38 bits per heavy atom. The molecule has 1 N–H and O–H groups in total. The molecule has 0 amide bonds. The Morgan fingerprint density at radius 3 is 2.62 bits per heavy atom. The first-order valence-electron chi connectivity index (χ1n) is 6.54. The van der Waals surface area contributed by atoms with Gasteiger partial charge in [0.25, 0.3) is 0 Å². The van der Waals surface area contributed by atoms with Gasteiger partial charge in [-0.25, -0.2) is 27.5 Å². The molecular formula is C12H18N4O4S. The van der Waals surface area contributed by atoms with Crippen LogP contribution in [-0.4, -0.2) is 66.2 Å². The Morgan fingerprint density at radius 2 is 2.10 bits per heavy atom. The second-order valence-electron chi connectivity index (χ2n) is 5.10. The highest BCUT2D eigenvalue weighted by Gasteiger charge is 2.32. The molecule has 21 heavy (non-hydrogen) atoms. The van der Waals surface area contributed by atoms with Gasteiger partial charge in [0.2, 0.25) is 10.0 Å². The lowest BCUT2D eigenvalue weighted by Gasteiger charge is -2.34. The monoisotopic (exact) mass is 314 g/mol. The predicted molar refractivity (Wildman–Crippen MR) is 76.8 cm³/mol. The topological polar surface area (TPSA) is 104 Å². The zero-order valence-corrected chi connectivity index (χ0v) is 12.7. The largest absolute Gasteiger partial charge is 0.476 e. The number of aromatic nitrogens is 2. The van der Waals surface area contributed by atoms with Crippen molar-refractivity contribution >= 4 is 21.8 Å². The smallest absolute Gasteiger partial charge is 0.356 e. The summed E-state index contributed by atoms with van der Waals surface area (Å²) in [4.78, 5) is 20.4. The number of sulfonamides is 1. The van der Waals surface area contributed by atoms with Gasteiger partial charge in [-0.1, -0.05) is 0 Å². The first kappa shape index (κ1) is 15.6. The molecule has 0 aromatic carbocycles. The number of carboxylic acid groups (broad SMARTS) is 1. The van der Waals surface area contributed by atoms with Crippen LogP contribution in [0.2, 0.25) is 0 Å². The molecule has 9 heteroatoms. The maximum atomic E-state index is 12.2. The first-order valence-corrected chi connectivity index (χ1v) is 8.04. The number of anilines is 1. The lowest BCUT2D eigenvalue weighted by molar-refractivity contribution is 0.0690. The van der Waals surface area contributed by atoms with Gasteiger partial charge in [0, 0.05) is 27.2 Å². The Kier molecular flexibility index (Phi) is 4.43. The van der Waals surface area contributed by atoms with E-state index >= 15 is 0 Å². The van der Waals surface area contributed by atoms with Crippen molar-refractivity contribution in [3.05, 3.63) is 18.1 Å². The van der Waals surface area contributed by atoms with Gasteiger partial charge in [-0.3, -0.25) is 0 Å². The molecule has 1 saturated heterocycles. The molecule has 0 saturated carbocycles. The van der Waals surface area contributed by atoms with E-state index in [1.54, 1.807) is 0 Å². The van der Waals surface area contributed by atoms with E-state index in [-0.39, 0.29) is 5.69 Å². The summed E-state index contributed by atoms with van der Waals surface area (Å²) in [6.45, 7) is 1.02. The van der Waals surface area contributed by atoms with Gasteiger partial charge in [0.05, 0.1) is 17.6 Å². The van der Waals surface area contributed by atoms with Gasteiger partial charge in [0.1, 0.15) is 5.82 Å². The predicted octanol–water partition coefficient (Wildman–Crippen LogP) is 0.0350. The Balaban J connectivity index is 2.16. The molecule has 0 unspecified atom stereocenters. The quantitative estimate of drug-likeness (QED) is 0.836. The van der Waals surface area contributed by atoms with E-state index in [9.17, 15) is 13.2 Å². The summed E-state index contributed by atoms with van der Waals surface area (Å²) in [5.41, 5.74) is -0.131. The van der Waals surface area contributed by atoms with E-state index in [4.69, 9.17) is 5.11 Å². The average molecular weight is 314 g/mol. The van der Waals surface area contributed by atoms with Crippen LogP contribution in [0.1, 0.15) is 23.3 Å². The highest BCUT2D eigenvalue weighted by Crippen LogP contribution is 2.22. The third-order valence-corrected chi connectivity index (χ3v) is 5.73. The molecular weight excluding hydrogens is 296 g/mol. The number of aromatic carboxylic acids is 1. The van der Waals surface area contributed by atoms with Crippen LogP contribution in [0.3, 0.4) is 0 Å². The van der Waals surface area contributed by atoms with Gasteiger partial charge >= 0.3 is 5.97 Å². The number of hydrogen-bond donors (Lipinski definition) is 1. The highest BCUT2D eigenvalue weighted by atomic mass is 32.2. The molecule has 2 heterocycles. The number of rotatable bonds is 4. The second-order valence-corrected chi connectivity index (χ2v) is 7.53. The van der Waals surface area contributed by atoms with Crippen molar-refractivity contribution < 1.29 is 18.3 Å². The van der Waals surface area contributed by atoms with E-state index in [1.165, 1.54) is 30.8 Å². The number of piperidine rings is 1. The van der Waals surface area contributed by atoms with Crippen LogP contribution in [-0.2, 0) is 10.0 Å². The summed E-state index contributed by atoms with van der Waals surface area (Å²) in [5, 5.41) is 8.31. The van der Waals surface area contributed by atoms with Crippen molar-refractivity contribution in [3.8, 4) is 0 Å². The number of hydrogen-bond acceptors (Lipinski definition) is 6. The summed E-state index contributed by atoms with van der Waals surface area (Å²) in [6, 6.07) is 0. The van der Waals surface area contributed by atoms with Crippen molar-refractivity contribution in [2.75, 3.05) is 32.1 Å². The Hall–Kier alpha value is -1.74. The molecule has 8 nitrogen and oxygen atoms in total. The third-order valence-electron chi connectivity index (χ3n) is 3.49. The van der Waals surface area contributed by atoms with E-state index < -0.39 is 21.2 Å². The Labute approximate surface area is 123 Å². The minimum absolute atomic E-state index is 0.131. The van der Waals surface area contributed by atoms with Crippen LogP contribution in [0.5, 0.6) is 0 Å². The molecule has 0 radical (unpaired) electrons. The molecule has 116 valence electrons. The molecule has 1 aliphatic heterocycles. The van der Waals surface area contributed by atoms with Crippen LogP contribution < -0.4 is 4.90 Å². The Bertz CT molecular complexity index is 615. The lowest BCUT2D eigenvalue weighted by Crippen LogP contribution is -2.46. The fourth-order valence-electron chi connectivity index (χ4n) is 2.28. The second kappa shape index (κ2) is 5.94. The first-order chi connectivity index (χ1) is 9.82. The van der Waals surface area contributed by atoms with Gasteiger partial charge in [0.15, 0.2) is 5.69 Å². The fourth-order valence-corrected chi connectivity index (χ4v) is 3.71. The molecule has 0 aliphatic carbocycles. The molecule has 1 fully saturated rings. The molecule has 0 spiro atoms. The average Bonchev–Trinajstić information content (AvgIpc) is 2.47. The minimum Gasteiger partial charge on any atom is -0.476 e. The maximum Gasteiger partial charge on any atom is 0.356 e. The minimum atomic E-state index is -3.31. The third kappa shape index (κ3) is 3.30. The van der Waals surface area contributed by atoms with Crippen LogP contribution in [0.4, 0.5) is 5.82 Å². The van der Waals surface area contributed by atoms with Crippen LogP contribution >= 0.6 is 0 Å². The van der Waals surface area contributed by atoms with Crippen molar-refractivity contribution in [1.82, 2.24) is 14.3 Å². The van der Waals surface area contributed by atoms with Gasteiger partial charge in [-0.2, -0.15) is 0 Å². The summed E-state index contributed by atoms with van der Waals surface area (Å²) < 4.78 is 25.6. The van der Waals surface area contributed by atoms with Crippen molar-refractivity contribution in [2.24, 2.45) is 0 Å². The molecule has 1 aliphatic rings. The number of carbonyl (C=O) groups is 1. The van der Waals surface area contributed by atoms with Crippen molar-refractivity contribution in [1.29, 1.82) is 0 Å².